The quantitative estimate of drug-likeness (QED) is 0.710. The molecule has 130 valence electrons. The molecule has 2 aromatic carbocycles. The molecule has 0 amide bonds. The normalized spacial score (nSPS) is 10.7. The summed E-state index contributed by atoms with van der Waals surface area (Å²) in [5.74, 6) is 0.905. The number of nitrogens with zero attached hydrogens (tertiary/aromatic N) is 2. The van der Waals surface area contributed by atoms with Gasteiger partial charge in [0, 0.05) is 18.2 Å². The first kappa shape index (κ1) is 17.2. The molecule has 0 radical (unpaired) electrons. The van der Waals surface area contributed by atoms with Gasteiger partial charge in [-0.3, -0.25) is 0 Å². The number of aromatic nitrogens is 1. The lowest BCUT2D eigenvalue weighted by Crippen LogP contribution is -2.01. The third kappa shape index (κ3) is 4.08. The summed E-state index contributed by atoms with van der Waals surface area (Å²) in [7, 11) is 1.60. The monoisotopic (exact) mass is 349 g/mol. The smallest absolute Gasteiger partial charge is 0.232 e. The fourth-order valence-corrected chi connectivity index (χ4v) is 2.33. The van der Waals surface area contributed by atoms with Gasteiger partial charge in [0.25, 0.3) is 0 Å². The number of oxazole rings is 1. The lowest BCUT2D eigenvalue weighted by atomic mass is 10.2. The molecule has 26 heavy (non-hydrogen) atoms. The van der Waals surface area contributed by atoms with Crippen LogP contribution in [0.1, 0.15) is 22.7 Å². The molecule has 6 heteroatoms. The summed E-state index contributed by atoms with van der Waals surface area (Å²) in [5, 5.41) is 12.1. The van der Waals surface area contributed by atoms with Crippen LogP contribution in [-0.2, 0) is 6.54 Å². The molecule has 0 aliphatic rings. The second-order valence-corrected chi connectivity index (χ2v) is 5.40. The highest BCUT2D eigenvalue weighted by Gasteiger charge is 2.12. The second-order valence-electron chi connectivity index (χ2n) is 5.40. The van der Waals surface area contributed by atoms with Gasteiger partial charge < -0.3 is 14.5 Å². The van der Waals surface area contributed by atoms with Crippen LogP contribution in [0.5, 0.6) is 5.75 Å². The van der Waals surface area contributed by atoms with E-state index in [9.17, 15) is 9.65 Å². The Labute approximate surface area is 150 Å². The van der Waals surface area contributed by atoms with E-state index in [1.807, 2.05) is 30.3 Å². The van der Waals surface area contributed by atoms with Crippen molar-refractivity contribution in [1.29, 1.82) is 5.26 Å². The molecule has 5 nitrogen and oxygen atoms in total. The van der Waals surface area contributed by atoms with E-state index in [1.54, 1.807) is 37.5 Å². The predicted octanol–water partition coefficient (Wildman–Crippen LogP) is 4.48. The summed E-state index contributed by atoms with van der Waals surface area (Å²) in [5.41, 5.74) is 1.50. The zero-order valence-corrected chi connectivity index (χ0v) is 14.1. The van der Waals surface area contributed by atoms with Crippen molar-refractivity contribution < 1.29 is 13.5 Å². The molecule has 0 spiro atoms. The SMILES string of the molecule is COc1cccc(/C=C/c2nc(C#N)c(NCc3ccccc3F)o2)c1. The number of anilines is 1. The predicted molar refractivity (Wildman–Crippen MR) is 96.9 cm³/mol. The van der Waals surface area contributed by atoms with Gasteiger partial charge in [0.2, 0.25) is 17.5 Å². The van der Waals surface area contributed by atoms with Gasteiger partial charge in [0.05, 0.1) is 7.11 Å². The molecule has 1 N–H and O–H groups in total. The van der Waals surface area contributed by atoms with Crippen LogP contribution in [0.4, 0.5) is 10.3 Å². The third-order valence-electron chi connectivity index (χ3n) is 3.66. The van der Waals surface area contributed by atoms with E-state index in [0.29, 0.717) is 5.56 Å². The second kappa shape index (κ2) is 7.99. The molecule has 0 aliphatic heterocycles. The van der Waals surface area contributed by atoms with E-state index in [4.69, 9.17) is 9.15 Å². The van der Waals surface area contributed by atoms with Crippen LogP contribution in [0.15, 0.2) is 52.9 Å². The fourth-order valence-electron chi connectivity index (χ4n) is 2.33. The molecular weight excluding hydrogens is 333 g/mol. The number of hydrogen-bond acceptors (Lipinski definition) is 5. The van der Waals surface area contributed by atoms with Gasteiger partial charge in [0.1, 0.15) is 17.6 Å². The molecule has 0 fully saturated rings. The van der Waals surface area contributed by atoms with Crippen molar-refractivity contribution in [2.75, 3.05) is 12.4 Å². The number of benzene rings is 2. The van der Waals surface area contributed by atoms with Crippen LogP contribution in [0.3, 0.4) is 0 Å². The van der Waals surface area contributed by atoms with E-state index in [1.165, 1.54) is 6.07 Å². The lowest BCUT2D eigenvalue weighted by Gasteiger charge is -2.04. The molecule has 0 bridgehead atoms. The lowest BCUT2D eigenvalue weighted by molar-refractivity contribution is 0.414. The molecule has 1 heterocycles. The molecule has 0 atom stereocenters. The average molecular weight is 349 g/mol. The minimum absolute atomic E-state index is 0.117. The topological polar surface area (TPSA) is 71.1 Å². The number of methoxy groups -OCH3 is 1. The van der Waals surface area contributed by atoms with Crippen molar-refractivity contribution in [3.8, 4) is 11.8 Å². The van der Waals surface area contributed by atoms with E-state index in [2.05, 4.69) is 10.3 Å². The summed E-state index contributed by atoms with van der Waals surface area (Å²) >= 11 is 0. The fraction of sp³-hybridized carbons (Fsp3) is 0.100. The van der Waals surface area contributed by atoms with Gasteiger partial charge in [-0.2, -0.15) is 10.2 Å². The van der Waals surface area contributed by atoms with Gasteiger partial charge in [-0.05, 0) is 29.8 Å². The van der Waals surface area contributed by atoms with Crippen molar-refractivity contribution in [2.45, 2.75) is 6.54 Å². The Hall–Kier alpha value is -3.59. The zero-order valence-electron chi connectivity index (χ0n) is 14.1. The number of halogens is 1. The maximum absolute atomic E-state index is 13.7. The van der Waals surface area contributed by atoms with Crippen molar-refractivity contribution in [1.82, 2.24) is 4.98 Å². The summed E-state index contributed by atoms with van der Waals surface area (Å²) in [4.78, 5) is 4.12. The van der Waals surface area contributed by atoms with Gasteiger partial charge in [-0.15, -0.1) is 0 Å². The molecule has 3 aromatic rings. The van der Waals surface area contributed by atoms with Crippen LogP contribution in [-0.4, -0.2) is 12.1 Å². The van der Waals surface area contributed by atoms with E-state index in [0.717, 1.165) is 11.3 Å². The van der Waals surface area contributed by atoms with Crippen molar-refractivity contribution in [2.24, 2.45) is 0 Å². The standard InChI is InChI=1S/C20H16FN3O2/c1-25-16-7-4-5-14(11-16)9-10-19-24-18(12-22)20(26-19)23-13-15-6-2-3-8-17(15)21/h2-11,23H,13H2,1H3/b10-9+. The van der Waals surface area contributed by atoms with Crippen LogP contribution >= 0.6 is 0 Å². The van der Waals surface area contributed by atoms with Crippen LogP contribution in [0.2, 0.25) is 0 Å². The Morgan fingerprint density at radius 2 is 2.08 bits per heavy atom. The van der Waals surface area contributed by atoms with E-state index < -0.39 is 0 Å². The van der Waals surface area contributed by atoms with Crippen molar-refractivity contribution in [3.05, 3.63) is 77.1 Å². The maximum Gasteiger partial charge on any atom is 0.232 e. The zero-order chi connectivity index (χ0) is 18.4. The Balaban J connectivity index is 1.75. The highest BCUT2D eigenvalue weighted by atomic mass is 19.1. The van der Waals surface area contributed by atoms with Gasteiger partial charge in [-0.25, -0.2) is 4.39 Å². The first-order chi connectivity index (χ1) is 12.7. The maximum atomic E-state index is 13.7. The third-order valence-corrected chi connectivity index (χ3v) is 3.66. The highest BCUT2D eigenvalue weighted by molar-refractivity contribution is 5.67. The Bertz CT molecular complexity index is 973. The minimum Gasteiger partial charge on any atom is -0.497 e. The highest BCUT2D eigenvalue weighted by Crippen LogP contribution is 2.21. The number of nitriles is 1. The number of ether oxygens (including phenoxy) is 1. The number of hydrogen-bond donors (Lipinski definition) is 1. The summed E-state index contributed by atoms with van der Waals surface area (Å²) in [6, 6.07) is 15.9. The molecular formula is C20H16FN3O2. The molecule has 0 saturated carbocycles. The Kier molecular flexibility index (Phi) is 5.30. The van der Waals surface area contributed by atoms with Gasteiger partial charge >= 0.3 is 0 Å². The van der Waals surface area contributed by atoms with Crippen molar-refractivity contribution >= 4 is 18.0 Å². The average Bonchev–Trinajstić information content (AvgIpc) is 3.08. The molecule has 3 rings (SSSR count). The summed E-state index contributed by atoms with van der Waals surface area (Å²) in [6.07, 6.45) is 3.46. The first-order valence-corrected chi connectivity index (χ1v) is 7.90. The van der Waals surface area contributed by atoms with E-state index in [-0.39, 0.29) is 29.8 Å². The first-order valence-electron chi connectivity index (χ1n) is 7.90. The molecule has 0 saturated heterocycles. The van der Waals surface area contributed by atoms with Crippen LogP contribution in [0.25, 0.3) is 12.2 Å². The number of rotatable bonds is 6. The van der Waals surface area contributed by atoms with E-state index >= 15 is 0 Å². The van der Waals surface area contributed by atoms with Gasteiger partial charge in [-0.1, -0.05) is 30.3 Å². The van der Waals surface area contributed by atoms with Crippen LogP contribution in [0, 0.1) is 17.1 Å². The summed E-state index contributed by atoms with van der Waals surface area (Å²) in [6.45, 7) is 0.190. The Morgan fingerprint density at radius 3 is 2.85 bits per heavy atom. The number of nitrogens with one attached hydrogen (secondary N) is 1. The minimum atomic E-state index is -0.323. The van der Waals surface area contributed by atoms with Crippen molar-refractivity contribution in [3.63, 3.8) is 0 Å². The molecule has 0 unspecified atom stereocenters. The largest absolute Gasteiger partial charge is 0.497 e. The van der Waals surface area contributed by atoms with Gasteiger partial charge in [0.15, 0.2) is 0 Å². The van der Waals surface area contributed by atoms with Crippen LogP contribution < -0.4 is 10.1 Å². The molecule has 0 aliphatic carbocycles. The Morgan fingerprint density at radius 1 is 1.23 bits per heavy atom. The molecule has 1 aromatic heterocycles. The summed E-state index contributed by atoms with van der Waals surface area (Å²) < 4.78 is 24.4.